The first-order chi connectivity index (χ1) is 9.10. The van der Waals surface area contributed by atoms with Gasteiger partial charge in [0, 0.05) is 31.2 Å². The van der Waals surface area contributed by atoms with Gasteiger partial charge < -0.3 is 15.0 Å². The third kappa shape index (κ3) is 3.16. The summed E-state index contributed by atoms with van der Waals surface area (Å²) in [7, 11) is 0. The molecule has 1 aromatic heterocycles. The molecular weight excluding hydrogens is 240 g/mol. The second-order valence-electron chi connectivity index (χ2n) is 4.54. The predicted octanol–water partition coefficient (Wildman–Crippen LogP) is 3.13. The topological polar surface area (TPSA) is 54.3 Å². The van der Waals surface area contributed by atoms with Crippen LogP contribution in [0.15, 0.2) is 36.7 Å². The van der Waals surface area contributed by atoms with E-state index < -0.39 is 5.97 Å². The number of aromatic carboxylic acids is 1. The summed E-state index contributed by atoms with van der Waals surface area (Å²) in [6.07, 6.45) is 4.13. The molecule has 2 N–H and O–H groups in total. The average Bonchev–Trinajstić information content (AvgIpc) is 2.85. The lowest BCUT2D eigenvalue weighted by Gasteiger charge is -2.09. The Kier molecular flexibility index (Phi) is 3.90. The van der Waals surface area contributed by atoms with E-state index in [1.165, 1.54) is 5.56 Å². The van der Waals surface area contributed by atoms with Gasteiger partial charge in [-0.05, 0) is 43.2 Å². The summed E-state index contributed by atoms with van der Waals surface area (Å²) < 4.78 is 2.11. The van der Waals surface area contributed by atoms with Crippen molar-refractivity contribution in [3.63, 3.8) is 0 Å². The molecule has 0 saturated heterocycles. The lowest BCUT2D eigenvalue weighted by Crippen LogP contribution is -2.03. The molecule has 0 spiro atoms. The van der Waals surface area contributed by atoms with E-state index in [9.17, 15) is 4.79 Å². The van der Waals surface area contributed by atoms with E-state index in [-0.39, 0.29) is 0 Å². The van der Waals surface area contributed by atoms with Crippen molar-refractivity contribution in [2.75, 3.05) is 5.32 Å². The van der Waals surface area contributed by atoms with E-state index in [0.29, 0.717) is 12.1 Å². The van der Waals surface area contributed by atoms with Crippen LogP contribution in [0.2, 0.25) is 0 Å². The Balaban J connectivity index is 2.10. The van der Waals surface area contributed by atoms with Crippen LogP contribution in [0.4, 0.5) is 5.69 Å². The van der Waals surface area contributed by atoms with Crippen molar-refractivity contribution >= 4 is 11.7 Å². The van der Waals surface area contributed by atoms with E-state index in [0.717, 1.165) is 17.8 Å². The highest BCUT2D eigenvalue weighted by atomic mass is 16.4. The van der Waals surface area contributed by atoms with Crippen LogP contribution < -0.4 is 5.32 Å². The van der Waals surface area contributed by atoms with Gasteiger partial charge in [0.25, 0.3) is 0 Å². The zero-order valence-corrected chi connectivity index (χ0v) is 11.2. The van der Waals surface area contributed by atoms with Crippen molar-refractivity contribution in [1.29, 1.82) is 0 Å². The average molecular weight is 258 g/mol. The minimum absolute atomic E-state index is 0.305. The lowest BCUT2D eigenvalue weighted by atomic mass is 10.1. The first-order valence-corrected chi connectivity index (χ1v) is 6.32. The van der Waals surface area contributed by atoms with E-state index in [1.807, 2.05) is 19.2 Å². The standard InChI is InChI=1S/C15H18N2O2/c1-3-17-7-6-12(10-17)9-16-14-8-13(15(18)19)5-4-11(14)2/h4-8,10,16H,3,9H2,1-2H3,(H,18,19). The highest BCUT2D eigenvalue weighted by Gasteiger charge is 2.06. The fourth-order valence-electron chi connectivity index (χ4n) is 1.93. The Bertz CT molecular complexity index is 588. The number of aromatic nitrogens is 1. The van der Waals surface area contributed by atoms with Crippen LogP contribution in [0.5, 0.6) is 0 Å². The minimum atomic E-state index is -0.903. The van der Waals surface area contributed by atoms with Gasteiger partial charge in [-0.1, -0.05) is 6.07 Å². The van der Waals surface area contributed by atoms with Gasteiger partial charge in [-0.25, -0.2) is 4.79 Å². The van der Waals surface area contributed by atoms with Crippen LogP contribution in [0.3, 0.4) is 0 Å². The first kappa shape index (κ1) is 13.2. The van der Waals surface area contributed by atoms with Gasteiger partial charge in [-0.3, -0.25) is 0 Å². The smallest absolute Gasteiger partial charge is 0.335 e. The molecule has 0 fully saturated rings. The molecule has 0 amide bonds. The SMILES string of the molecule is CCn1ccc(CNc2cc(C(=O)O)ccc2C)c1. The molecule has 0 aliphatic heterocycles. The van der Waals surface area contributed by atoms with E-state index >= 15 is 0 Å². The zero-order valence-electron chi connectivity index (χ0n) is 11.2. The molecular formula is C15H18N2O2. The Morgan fingerprint density at radius 2 is 2.16 bits per heavy atom. The number of anilines is 1. The molecule has 1 aromatic carbocycles. The Morgan fingerprint density at radius 3 is 2.79 bits per heavy atom. The number of nitrogens with one attached hydrogen (secondary N) is 1. The monoisotopic (exact) mass is 258 g/mol. The normalized spacial score (nSPS) is 10.4. The molecule has 1 heterocycles. The molecule has 0 aliphatic rings. The van der Waals surface area contributed by atoms with Crippen LogP contribution in [0.1, 0.15) is 28.4 Å². The Hall–Kier alpha value is -2.23. The molecule has 0 saturated carbocycles. The predicted molar refractivity (Wildman–Crippen MR) is 75.6 cm³/mol. The quantitative estimate of drug-likeness (QED) is 0.866. The van der Waals surface area contributed by atoms with Crippen molar-refractivity contribution in [3.05, 3.63) is 53.3 Å². The number of carboxylic acids is 1. The van der Waals surface area contributed by atoms with Gasteiger partial charge in [-0.15, -0.1) is 0 Å². The van der Waals surface area contributed by atoms with Crippen LogP contribution in [-0.4, -0.2) is 15.6 Å². The van der Waals surface area contributed by atoms with Crippen molar-refractivity contribution < 1.29 is 9.90 Å². The van der Waals surface area contributed by atoms with Crippen LogP contribution >= 0.6 is 0 Å². The van der Waals surface area contributed by atoms with Gasteiger partial charge in [0.15, 0.2) is 0 Å². The molecule has 0 radical (unpaired) electrons. The zero-order chi connectivity index (χ0) is 13.8. The second kappa shape index (κ2) is 5.61. The Labute approximate surface area is 112 Å². The summed E-state index contributed by atoms with van der Waals surface area (Å²) >= 11 is 0. The maximum atomic E-state index is 10.9. The fraction of sp³-hybridized carbons (Fsp3) is 0.267. The summed E-state index contributed by atoms with van der Waals surface area (Å²) in [6.45, 7) is 5.70. The van der Waals surface area contributed by atoms with E-state index in [2.05, 4.69) is 29.1 Å². The van der Waals surface area contributed by atoms with Gasteiger partial charge in [0.2, 0.25) is 0 Å². The van der Waals surface area contributed by atoms with Crippen molar-refractivity contribution in [2.45, 2.75) is 26.9 Å². The highest BCUT2D eigenvalue weighted by Crippen LogP contribution is 2.18. The number of carboxylic acid groups (broad SMARTS) is 1. The van der Waals surface area contributed by atoms with Gasteiger partial charge in [0.1, 0.15) is 0 Å². The molecule has 2 rings (SSSR count). The van der Waals surface area contributed by atoms with E-state index in [1.54, 1.807) is 12.1 Å². The van der Waals surface area contributed by atoms with Crippen LogP contribution in [0.25, 0.3) is 0 Å². The third-order valence-corrected chi connectivity index (χ3v) is 3.14. The maximum Gasteiger partial charge on any atom is 0.335 e. The minimum Gasteiger partial charge on any atom is -0.478 e. The molecule has 4 nitrogen and oxygen atoms in total. The number of hydrogen-bond acceptors (Lipinski definition) is 2. The van der Waals surface area contributed by atoms with Crippen molar-refractivity contribution in [2.24, 2.45) is 0 Å². The number of hydrogen-bond donors (Lipinski definition) is 2. The van der Waals surface area contributed by atoms with Gasteiger partial charge in [-0.2, -0.15) is 0 Å². The number of benzene rings is 1. The molecule has 19 heavy (non-hydrogen) atoms. The number of carbonyl (C=O) groups is 1. The molecule has 0 atom stereocenters. The third-order valence-electron chi connectivity index (χ3n) is 3.14. The largest absolute Gasteiger partial charge is 0.478 e. The molecule has 4 heteroatoms. The number of nitrogens with zero attached hydrogens (tertiary/aromatic N) is 1. The van der Waals surface area contributed by atoms with Gasteiger partial charge >= 0.3 is 5.97 Å². The molecule has 2 aromatic rings. The molecule has 0 aliphatic carbocycles. The molecule has 0 unspecified atom stereocenters. The molecule has 100 valence electrons. The maximum absolute atomic E-state index is 10.9. The first-order valence-electron chi connectivity index (χ1n) is 6.32. The summed E-state index contributed by atoms with van der Waals surface area (Å²) in [4.78, 5) is 10.9. The second-order valence-corrected chi connectivity index (χ2v) is 4.54. The lowest BCUT2D eigenvalue weighted by molar-refractivity contribution is 0.0697. The van der Waals surface area contributed by atoms with Crippen molar-refractivity contribution in [3.8, 4) is 0 Å². The highest BCUT2D eigenvalue weighted by molar-refractivity contribution is 5.89. The summed E-state index contributed by atoms with van der Waals surface area (Å²) in [5.74, 6) is -0.903. The number of rotatable bonds is 5. The van der Waals surface area contributed by atoms with Gasteiger partial charge in [0.05, 0.1) is 5.56 Å². The summed E-state index contributed by atoms with van der Waals surface area (Å²) in [5.41, 5.74) is 3.39. The van der Waals surface area contributed by atoms with Crippen LogP contribution in [-0.2, 0) is 13.1 Å². The van der Waals surface area contributed by atoms with Crippen molar-refractivity contribution in [1.82, 2.24) is 4.57 Å². The summed E-state index contributed by atoms with van der Waals surface area (Å²) in [5, 5.41) is 12.3. The van der Waals surface area contributed by atoms with Crippen LogP contribution in [0, 0.1) is 6.92 Å². The van der Waals surface area contributed by atoms with E-state index in [4.69, 9.17) is 5.11 Å². The fourth-order valence-corrected chi connectivity index (χ4v) is 1.93. The Morgan fingerprint density at radius 1 is 1.37 bits per heavy atom. The summed E-state index contributed by atoms with van der Waals surface area (Å²) in [6, 6.07) is 7.18. The molecule has 0 bridgehead atoms. The number of aryl methyl sites for hydroxylation is 2.